The number of halogens is 1. The van der Waals surface area contributed by atoms with Gasteiger partial charge in [-0.25, -0.2) is 0 Å². The van der Waals surface area contributed by atoms with Gasteiger partial charge in [-0.05, 0) is 18.6 Å². The molecule has 0 aliphatic rings. The van der Waals surface area contributed by atoms with Gasteiger partial charge in [0.2, 0.25) is 5.91 Å². The summed E-state index contributed by atoms with van der Waals surface area (Å²) in [4.78, 5) is 23.6. The summed E-state index contributed by atoms with van der Waals surface area (Å²) in [6.07, 6.45) is 0. The van der Waals surface area contributed by atoms with Gasteiger partial charge in [-0.15, -0.1) is 0 Å². The molecule has 0 unspecified atom stereocenters. The molecule has 1 aromatic rings. The molecule has 0 radical (unpaired) electrons. The standard InChI is InChI=1S/C12H12ClN3O3/c1-7-9(13)4-5-10(16(18)19)11(7)8(6-14)12(17)15(2)3/h4-5,8H,1-3H3/t8-/m0/s1. The fourth-order valence-corrected chi connectivity index (χ4v) is 1.88. The summed E-state index contributed by atoms with van der Waals surface area (Å²) in [6, 6.07) is 4.40. The fourth-order valence-electron chi connectivity index (χ4n) is 1.71. The van der Waals surface area contributed by atoms with Crippen LogP contribution in [0.2, 0.25) is 5.02 Å². The van der Waals surface area contributed by atoms with Crippen LogP contribution in [0.4, 0.5) is 5.69 Å². The summed E-state index contributed by atoms with van der Waals surface area (Å²) in [5.74, 6) is -1.76. The predicted octanol–water partition coefficient (Wildman–Crippen LogP) is 2.25. The number of hydrogen-bond donors (Lipinski definition) is 0. The molecular weight excluding hydrogens is 270 g/mol. The summed E-state index contributed by atoms with van der Waals surface area (Å²) >= 11 is 5.92. The number of nitro benzene ring substituents is 1. The second-order valence-corrected chi connectivity index (χ2v) is 4.56. The number of amides is 1. The van der Waals surface area contributed by atoms with E-state index in [-0.39, 0.29) is 16.3 Å². The third kappa shape index (κ3) is 2.83. The van der Waals surface area contributed by atoms with Gasteiger partial charge >= 0.3 is 0 Å². The van der Waals surface area contributed by atoms with E-state index in [4.69, 9.17) is 16.9 Å². The monoisotopic (exact) mass is 281 g/mol. The van der Waals surface area contributed by atoms with Crippen molar-refractivity contribution in [1.29, 1.82) is 5.26 Å². The minimum Gasteiger partial charge on any atom is -0.347 e. The van der Waals surface area contributed by atoms with Gasteiger partial charge in [0.05, 0.1) is 16.6 Å². The van der Waals surface area contributed by atoms with E-state index in [0.29, 0.717) is 5.56 Å². The number of rotatable bonds is 3. The molecule has 7 heteroatoms. The number of carbonyl (C=O) groups excluding carboxylic acids is 1. The molecule has 0 saturated heterocycles. The van der Waals surface area contributed by atoms with Crippen molar-refractivity contribution < 1.29 is 9.72 Å². The zero-order valence-corrected chi connectivity index (χ0v) is 11.4. The highest BCUT2D eigenvalue weighted by atomic mass is 35.5. The van der Waals surface area contributed by atoms with Crippen molar-refractivity contribution in [3.63, 3.8) is 0 Å². The van der Waals surface area contributed by atoms with E-state index in [0.717, 1.165) is 0 Å². The average Bonchev–Trinajstić information content (AvgIpc) is 2.34. The van der Waals surface area contributed by atoms with Gasteiger partial charge in [0.25, 0.3) is 5.69 Å². The van der Waals surface area contributed by atoms with E-state index in [9.17, 15) is 14.9 Å². The molecule has 1 aromatic carbocycles. The first-order chi connectivity index (χ1) is 8.81. The number of nitrogens with zero attached hydrogens (tertiary/aromatic N) is 3. The van der Waals surface area contributed by atoms with Crippen molar-refractivity contribution in [2.45, 2.75) is 12.8 Å². The maximum atomic E-state index is 12.0. The molecule has 0 aromatic heterocycles. The van der Waals surface area contributed by atoms with Crippen molar-refractivity contribution >= 4 is 23.2 Å². The Balaban J connectivity index is 3.55. The Morgan fingerprint density at radius 1 is 1.53 bits per heavy atom. The molecule has 1 amide bonds. The normalized spacial score (nSPS) is 11.5. The van der Waals surface area contributed by atoms with Gasteiger partial charge in [0.15, 0.2) is 5.92 Å². The zero-order valence-electron chi connectivity index (χ0n) is 10.7. The Labute approximate surface area is 115 Å². The Bertz CT molecular complexity index is 578. The Kier molecular flexibility index (Phi) is 4.46. The van der Waals surface area contributed by atoms with E-state index in [1.807, 2.05) is 6.07 Å². The zero-order chi connectivity index (χ0) is 14.7. The lowest BCUT2D eigenvalue weighted by Crippen LogP contribution is -2.28. The SMILES string of the molecule is Cc1c(Cl)ccc([N+](=O)[O-])c1[C@H](C#N)C(=O)N(C)C. The summed E-state index contributed by atoms with van der Waals surface area (Å²) in [5.41, 5.74) is 0.153. The van der Waals surface area contributed by atoms with Crippen LogP contribution in [0.25, 0.3) is 0 Å². The van der Waals surface area contributed by atoms with Crippen LogP contribution >= 0.6 is 11.6 Å². The van der Waals surface area contributed by atoms with Crippen LogP contribution in [0.15, 0.2) is 12.1 Å². The van der Waals surface area contributed by atoms with E-state index < -0.39 is 16.7 Å². The molecule has 0 saturated carbocycles. The Morgan fingerprint density at radius 3 is 2.53 bits per heavy atom. The quantitative estimate of drug-likeness (QED) is 0.628. The van der Waals surface area contributed by atoms with Crippen LogP contribution in [0.5, 0.6) is 0 Å². The fraction of sp³-hybridized carbons (Fsp3) is 0.333. The molecule has 1 rings (SSSR count). The van der Waals surface area contributed by atoms with Crippen molar-refractivity contribution in [3.05, 3.63) is 38.4 Å². The highest BCUT2D eigenvalue weighted by Crippen LogP contribution is 2.34. The highest BCUT2D eigenvalue weighted by molar-refractivity contribution is 6.31. The van der Waals surface area contributed by atoms with Crippen molar-refractivity contribution in [1.82, 2.24) is 4.90 Å². The van der Waals surface area contributed by atoms with Crippen LogP contribution in [0, 0.1) is 28.4 Å². The van der Waals surface area contributed by atoms with Crippen LogP contribution in [0.1, 0.15) is 17.0 Å². The number of benzene rings is 1. The Hall–Kier alpha value is -2.13. The summed E-state index contributed by atoms with van der Waals surface area (Å²) < 4.78 is 0. The Morgan fingerprint density at radius 2 is 2.11 bits per heavy atom. The average molecular weight is 282 g/mol. The smallest absolute Gasteiger partial charge is 0.274 e. The van der Waals surface area contributed by atoms with Gasteiger partial charge in [0.1, 0.15) is 0 Å². The molecule has 0 heterocycles. The van der Waals surface area contributed by atoms with Gasteiger partial charge in [0, 0.05) is 25.2 Å². The lowest BCUT2D eigenvalue weighted by molar-refractivity contribution is -0.385. The molecular formula is C12H12ClN3O3. The van der Waals surface area contributed by atoms with Crippen molar-refractivity contribution in [2.75, 3.05) is 14.1 Å². The first-order valence-electron chi connectivity index (χ1n) is 5.35. The number of hydrogen-bond acceptors (Lipinski definition) is 4. The molecule has 6 nitrogen and oxygen atoms in total. The van der Waals surface area contributed by atoms with E-state index in [2.05, 4.69) is 0 Å². The topological polar surface area (TPSA) is 87.2 Å². The minimum atomic E-state index is -1.24. The van der Waals surface area contributed by atoms with Gasteiger partial charge in [-0.2, -0.15) is 5.26 Å². The number of likely N-dealkylation sites (N-methyl/N-ethyl adjacent to an activating group) is 1. The summed E-state index contributed by atoms with van der Waals surface area (Å²) in [7, 11) is 2.97. The summed E-state index contributed by atoms with van der Waals surface area (Å²) in [6.45, 7) is 1.55. The predicted molar refractivity (Wildman–Crippen MR) is 69.9 cm³/mol. The third-order valence-corrected chi connectivity index (χ3v) is 3.14. The number of nitro groups is 1. The largest absolute Gasteiger partial charge is 0.347 e. The van der Waals surface area contributed by atoms with E-state index in [1.165, 1.54) is 31.1 Å². The first kappa shape index (κ1) is 14.9. The second-order valence-electron chi connectivity index (χ2n) is 4.16. The second kappa shape index (κ2) is 5.67. The number of carbonyl (C=O) groups is 1. The molecule has 0 aliphatic carbocycles. The number of nitriles is 1. The van der Waals surface area contributed by atoms with Gasteiger partial charge in [-0.3, -0.25) is 14.9 Å². The molecule has 0 spiro atoms. The molecule has 1 atom stereocenters. The lowest BCUT2D eigenvalue weighted by atomic mass is 9.93. The van der Waals surface area contributed by atoms with Crippen LogP contribution in [0.3, 0.4) is 0 Å². The van der Waals surface area contributed by atoms with E-state index in [1.54, 1.807) is 6.92 Å². The van der Waals surface area contributed by atoms with Crippen LogP contribution in [-0.2, 0) is 4.79 Å². The molecule has 0 fully saturated rings. The lowest BCUT2D eigenvalue weighted by Gasteiger charge is -2.17. The molecule has 0 bridgehead atoms. The van der Waals surface area contributed by atoms with Crippen molar-refractivity contribution in [2.24, 2.45) is 0 Å². The van der Waals surface area contributed by atoms with Gasteiger partial charge in [-0.1, -0.05) is 11.6 Å². The van der Waals surface area contributed by atoms with E-state index >= 15 is 0 Å². The highest BCUT2D eigenvalue weighted by Gasteiger charge is 2.31. The van der Waals surface area contributed by atoms with Crippen molar-refractivity contribution in [3.8, 4) is 6.07 Å². The molecule has 100 valence electrons. The van der Waals surface area contributed by atoms with Crippen LogP contribution < -0.4 is 0 Å². The molecule has 0 aliphatic heterocycles. The third-order valence-electron chi connectivity index (χ3n) is 2.73. The first-order valence-corrected chi connectivity index (χ1v) is 5.73. The maximum absolute atomic E-state index is 12.0. The maximum Gasteiger partial charge on any atom is 0.274 e. The molecule has 0 N–H and O–H groups in total. The summed E-state index contributed by atoms with van der Waals surface area (Å²) in [5, 5.41) is 20.5. The molecule has 19 heavy (non-hydrogen) atoms. The van der Waals surface area contributed by atoms with Gasteiger partial charge < -0.3 is 4.90 Å². The van der Waals surface area contributed by atoms with Crippen LogP contribution in [-0.4, -0.2) is 29.8 Å². The minimum absolute atomic E-state index is 0.0544.